The van der Waals surface area contributed by atoms with Gasteiger partial charge in [0.25, 0.3) is 0 Å². The van der Waals surface area contributed by atoms with Gasteiger partial charge in [-0.2, -0.15) is 0 Å². The fourth-order valence-corrected chi connectivity index (χ4v) is 3.22. The summed E-state index contributed by atoms with van der Waals surface area (Å²) in [5, 5.41) is 5.87. The SMILES string of the molecule is Cl.O=C(CN1CCN(C2CCNC2)CC1)Nc1ccc(F)cc1F. The molecular weight excluding hydrogens is 338 g/mol. The summed E-state index contributed by atoms with van der Waals surface area (Å²) in [5.41, 5.74) is 0.0204. The molecule has 0 radical (unpaired) electrons. The fourth-order valence-electron chi connectivity index (χ4n) is 3.22. The van der Waals surface area contributed by atoms with Crippen LogP contribution < -0.4 is 10.6 Å². The van der Waals surface area contributed by atoms with Gasteiger partial charge in [-0.1, -0.05) is 0 Å². The van der Waals surface area contributed by atoms with Crippen molar-refractivity contribution in [2.24, 2.45) is 0 Å². The van der Waals surface area contributed by atoms with Gasteiger partial charge in [0, 0.05) is 44.8 Å². The van der Waals surface area contributed by atoms with Crippen molar-refractivity contribution in [2.75, 3.05) is 51.1 Å². The van der Waals surface area contributed by atoms with Crippen LogP contribution in [0.4, 0.5) is 14.5 Å². The Morgan fingerprint density at radius 3 is 2.62 bits per heavy atom. The first kappa shape index (κ1) is 19.1. The number of hydrogen-bond acceptors (Lipinski definition) is 4. The average molecular weight is 361 g/mol. The second-order valence-corrected chi connectivity index (χ2v) is 6.13. The van der Waals surface area contributed by atoms with Crippen LogP contribution in [0.1, 0.15) is 6.42 Å². The summed E-state index contributed by atoms with van der Waals surface area (Å²) in [4.78, 5) is 16.6. The number of anilines is 1. The molecular formula is C16H23ClF2N4O. The number of carbonyl (C=O) groups excluding carboxylic acids is 1. The maximum atomic E-state index is 13.5. The minimum atomic E-state index is -0.753. The van der Waals surface area contributed by atoms with E-state index in [4.69, 9.17) is 0 Å². The van der Waals surface area contributed by atoms with Crippen molar-refractivity contribution >= 4 is 24.0 Å². The molecule has 2 N–H and O–H groups in total. The summed E-state index contributed by atoms with van der Waals surface area (Å²) in [6, 6.07) is 3.75. The van der Waals surface area contributed by atoms with Gasteiger partial charge in [0.1, 0.15) is 11.6 Å². The molecule has 1 aromatic carbocycles. The maximum Gasteiger partial charge on any atom is 0.238 e. The molecule has 2 saturated heterocycles. The molecule has 0 saturated carbocycles. The number of carbonyl (C=O) groups is 1. The van der Waals surface area contributed by atoms with Crippen LogP contribution in [-0.2, 0) is 4.79 Å². The maximum absolute atomic E-state index is 13.5. The summed E-state index contributed by atoms with van der Waals surface area (Å²) in [5.74, 6) is -1.68. The first-order chi connectivity index (χ1) is 11.1. The molecule has 134 valence electrons. The van der Waals surface area contributed by atoms with E-state index in [-0.39, 0.29) is 30.5 Å². The summed E-state index contributed by atoms with van der Waals surface area (Å²) in [6.45, 7) is 5.91. The van der Waals surface area contributed by atoms with Gasteiger partial charge in [-0.15, -0.1) is 12.4 Å². The molecule has 1 unspecified atom stereocenters. The van der Waals surface area contributed by atoms with Crippen molar-refractivity contribution in [3.63, 3.8) is 0 Å². The van der Waals surface area contributed by atoms with Gasteiger partial charge in [-0.25, -0.2) is 8.78 Å². The molecule has 3 rings (SSSR count). The van der Waals surface area contributed by atoms with E-state index in [2.05, 4.69) is 20.4 Å². The lowest BCUT2D eigenvalue weighted by Crippen LogP contribution is -2.52. The molecule has 1 atom stereocenters. The summed E-state index contributed by atoms with van der Waals surface area (Å²) in [7, 11) is 0. The first-order valence-electron chi connectivity index (χ1n) is 8.04. The van der Waals surface area contributed by atoms with Crippen molar-refractivity contribution in [1.82, 2.24) is 15.1 Å². The van der Waals surface area contributed by atoms with Crippen LogP contribution in [0.5, 0.6) is 0 Å². The monoisotopic (exact) mass is 360 g/mol. The lowest BCUT2D eigenvalue weighted by molar-refractivity contribution is -0.117. The van der Waals surface area contributed by atoms with Crippen LogP contribution >= 0.6 is 12.4 Å². The third kappa shape index (κ3) is 4.86. The van der Waals surface area contributed by atoms with E-state index in [1.807, 2.05) is 0 Å². The Balaban J connectivity index is 0.00000208. The Labute approximate surface area is 146 Å². The van der Waals surface area contributed by atoms with Gasteiger partial charge >= 0.3 is 0 Å². The third-order valence-corrected chi connectivity index (χ3v) is 4.53. The zero-order chi connectivity index (χ0) is 16.2. The van der Waals surface area contributed by atoms with E-state index in [0.717, 1.165) is 51.4 Å². The molecule has 0 aromatic heterocycles. The number of halogens is 3. The van der Waals surface area contributed by atoms with Gasteiger partial charge in [-0.05, 0) is 25.1 Å². The lowest BCUT2D eigenvalue weighted by Gasteiger charge is -2.37. The molecule has 5 nitrogen and oxygen atoms in total. The number of piperazine rings is 1. The zero-order valence-corrected chi connectivity index (χ0v) is 14.2. The number of hydrogen-bond donors (Lipinski definition) is 2. The highest BCUT2D eigenvalue weighted by Crippen LogP contribution is 2.15. The van der Waals surface area contributed by atoms with Crippen molar-refractivity contribution < 1.29 is 13.6 Å². The van der Waals surface area contributed by atoms with E-state index in [1.54, 1.807) is 0 Å². The minimum Gasteiger partial charge on any atom is -0.322 e. The lowest BCUT2D eigenvalue weighted by atomic mass is 10.2. The van der Waals surface area contributed by atoms with E-state index < -0.39 is 11.6 Å². The molecule has 2 aliphatic heterocycles. The highest BCUT2D eigenvalue weighted by molar-refractivity contribution is 5.92. The Morgan fingerprint density at radius 2 is 2.00 bits per heavy atom. The van der Waals surface area contributed by atoms with Gasteiger partial charge in [-0.3, -0.25) is 14.6 Å². The second-order valence-electron chi connectivity index (χ2n) is 6.13. The standard InChI is InChI=1S/C16H22F2N4O.ClH/c17-12-1-2-15(14(18)9-12)20-16(23)11-21-5-7-22(8-6-21)13-3-4-19-10-13;/h1-2,9,13,19H,3-8,10-11H2,(H,20,23);1H. The first-order valence-corrected chi connectivity index (χ1v) is 8.04. The average Bonchev–Trinajstić information content (AvgIpc) is 3.05. The Kier molecular flexibility index (Phi) is 6.91. The molecule has 2 heterocycles. The highest BCUT2D eigenvalue weighted by atomic mass is 35.5. The van der Waals surface area contributed by atoms with E-state index >= 15 is 0 Å². The van der Waals surface area contributed by atoms with E-state index in [1.165, 1.54) is 12.5 Å². The molecule has 1 aromatic rings. The number of nitrogens with one attached hydrogen (secondary N) is 2. The quantitative estimate of drug-likeness (QED) is 0.850. The van der Waals surface area contributed by atoms with Gasteiger partial charge in [0.05, 0.1) is 12.2 Å². The van der Waals surface area contributed by atoms with Crippen LogP contribution in [0.2, 0.25) is 0 Å². The number of nitrogens with zero attached hydrogens (tertiary/aromatic N) is 2. The Bertz CT molecular complexity index is 561. The molecule has 2 fully saturated rings. The van der Waals surface area contributed by atoms with Gasteiger partial charge in [0.15, 0.2) is 0 Å². The minimum absolute atomic E-state index is 0. The van der Waals surface area contributed by atoms with Gasteiger partial charge < -0.3 is 10.6 Å². The predicted octanol–water partition coefficient (Wildman–Crippen LogP) is 1.30. The van der Waals surface area contributed by atoms with Crippen LogP contribution in [0.3, 0.4) is 0 Å². The second kappa shape index (κ2) is 8.71. The number of benzene rings is 1. The van der Waals surface area contributed by atoms with E-state index in [0.29, 0.717) is 6.04 Å². The zero-order valence-electron chi connectivity index (χ0n) is 13.4. The van der Waals surface area contributed by atoms with Crippen LogP contribution in [-0.4, -0.2) is 67.6 Å². The molecule has 1 amide bonds. The molecule has 0 bridgehead atoms. The molecule has 8 heteroatoms. The Morgan fingerprint density at radius 1 is 1.25 bits per heavy atom. The predicted molar refractivity (Wildman–Crippen MR) is 91.5 cm³/mol. The summed E-state index contributed by atoms with van der Waals surface area (Å²) < 4.78 is 26.4. The number of amides is 1. The molecule has 24 heavy (non-hydrogen) atoms. The number of rotatable bonds is 4. The van der Waals surface area contributed by atoms with Crippen LogP contribution in [0.25, 0.3) is 0 Å². The smallest absolute Gasteiger partial charge is 0.238 e. The molecule has 2 aliphatic rings. The highest BCUT2D eigenvalue weighted by Gasteiger charge is 2.26. The summed E-state index contributed by atoms with van der Waals surface area (Å²) >= 11 is 0. The fraction of sp³-hybridized carbons (Fsp3) is 0.562. The van der Waals surface area contributed by atoms with Crippen LogP contribution in [0.15, 0.2) is 18.2 Å². The van der Waals surface area contributed by atoms with Crippen LogP contribution in [0, 0.1) is 11.6 Å². The third-order valence-electron chi connectivity index (χ3n) is 4.53. The van der Waals surface area contributed by atoms with Crippen molar-refractivity contribution in [2.45, 2.75) is 12.5 Å². The summed E-state index contributed by atoms with van der Waals surface area (Å²) in [6.07, 6.45) is 1.18. The van der Waals surface area contributed by atoms with Crippen molar-refractivity contribution in [3.05, 3.63) is 29.8 Å². The van der Waals surface area contributed by atoms with Crippen molar-refractivity contribution in [1.29, 1.82) is 0 Å². The largest absolute Gasteiger partial charge is 0.322 e. The van der Waals surface area contributed by atoms with E-state index in [9.17, 15) is 13.6 Å². The van der Waals surface area contributed by atoms with Crippen molar-refractivity contribution in [3.8, 4) is 0 Å². The molecule has 0 aliphatic carbocycles. The topological polar surface area (TPSA) is 47.6 Å². The molecule has 0 spiro atoms. The Hall–Kier alpha value is -1.28. The van der Waals surface area contributed by atoms with Gasteiger partial charge in [0.2, 0.25) is 5.91 Å². The normalized spacial score (nSPS) is 22.2.